The molecular formula is C13H27NO. The van der Waals surface area contributed by atoms with Gasteiger partial charge in [0.05, 0.1) is 6.61 Å². The van der Waals surface area contributed by atoms with Crippen LogP contribution in [0.2, 0.25) is 0 Å². The van der Waals surface area contributed by atoms with Crippen LogP contribution in [0.25, 0.3) is 0 Å². The topological polar surface area (TPSA) is 21.3 Å². The third-order valence-corrected chi connectivity index (χ3v) is 3.33. The molecule has 1 N–H and O–H groups in total. The van der Waals surface area contributed by atoms with Crippen molar-refractivity contribution < 1.29 is 4.74 Å². The molecule has 1 fully saturated rings. The zero-order chi connectivity index (χ0) is 11.1. The van der Waals surface area contributed by atoms with E-state index >= 15 is 0 Å². The monoisotopic (exact) mass is 213 g/mol. The lowest BCUT2D eigenvalue weighted by Crippen LogP contribution is -2.36. The van der Waals surface area contributed by atoms with Crippen molar-refractivity contribution in [1.29, 1.82) is 0 Å². The van der Waals surface area contributed by atoms with E-state index in [0.717, 1.165) is 31.0 Å². The Kier molecular flexibility index (Phi) is 6.26. The highest BCUT2D eigenvalue weighted by Crippen LogP contribution is 2.29. The van der Waals surface area contributed by atoms with Gasteiger partial charge in [0.2, 0.25) is 0 Å². The lowest BCUT2D eigenvalue weighted by Gasteiger charge is -2.30. The van der Waals surface area contributed by atoms with Crippen LogP contribution in [0, 0.1) is 11.8 Å². The van der Waals surface area contributed by atoms with Gasteiger partial charge >= 0.3 is 0 Å². The lowest BCUT2D eigenvalue weighted by atomic mass is 9.81. The van der Waals surface area contributed by atoms with E-state index < -0.39 is 0 Å². The van der Waals surface area contributed by atoms with Gasteiger partial charge in [0, 0.05) is 19.7 Å². The molecule has 0 aliphatic heterocycles. The fourth-order valence-corrected chi connectivity index (χ4v) is 2.72. The first-order valence-electron chi connectivity index (χ1n) is 6.44. The van der Waals surface area contributed by atoms with Gasteiger partial charge < -0.3 is 10.1 Å². The smallest absolute Gasteiger partial charge is 0.0587 e. The molecule has 2 heteroatoms. The summed E-state index contributed by atoms with van der Waals surface area (Å²) in [7, 11) is 1.77. The van der Waals surface area contributed by atoms with Crippen molar-refractivity contribution in [3.63, 3.8) is 0 Å². The second kappa shape index (κ2) is 7.24. The number of nitrogens with one attached hydrogen (secondary N) is 1. The molecule has 0 radical (unpaired) electrons. The summed E-state index contributed by atoms with van der Waals surface area (Å²) in [5.74, 6) is 1.81. The molecule has 1 rings (SSSR count). The van der Waals surface area contributed by atoms with Gasteiger partial charge in [0.15, 0.2) is 0 Å². The van der Waals surface area contributed by atoms with Gasteiger partial charge in [0.1, 0.15) is 0 Å². The van der Waals surface area contributed by atoms with Crippen molar-refractivity contribution in [2.75, 3.05) is 20.3 Å². The van der Waals surface area contributed by atoms with E-state index in [-0.39, 0.29) is 0 Å². The quantitative estimate of drug-likeness (QED) is 0.685. The minimum Gasteiger partial charge on any atom is -0.383 e. The molecule has 1 aliphatic carbocycles. The Hall–Kier alpha value is -0.0800. The molecule has 0 spiro atoms. The van der Waals surface area contributed by atoms with Gasteiger partial charge in [-0.3, -0.25) is 0 Å². The third-order valence-electron chi connectivity index (χ3n) is 3.33. The third kappa shape index (κ3) is 5.53. The molecule has 0 heterocycles. The van der Waals surface area contributed by atoms with E-state index in [0.29, 0.717) is 0 Å². The predicted molar refractivity (Wildman–Crippen MR) is 65.1 cm³/mol. The summed E-state index contributed by atoms with van der Waals surface area (Å²) in [4.78, 5) is 0. The molecule has 0 amide bonds. The summed E-state index contributed by atoms with van der Waals surface area (Å²) in [6, 6.07) is 0.748. The molecule has 2 nitrogen and oxygen atoms in total. The van der Waals surface area contributed by atoms with Crippen molar-refractivity contribution in [2.45, 2.75) is 52.0 Å². The first-order valence-corrected chi connectivity index (χ1v) is 6.44. The van der Waals surface area contributed by atoms with E-state index in [1.54, 1.807) is 7.11 Å². The van der Waals surface area contributed by atoms with E-state index in [2.05, 4.69) is 19.2 Å². The second-order valence-electron chi connectivity index (χ2n) is 5.31. The van der Waals surface area contributed by atoms with Gasteiger partial charge in [-0.05, 0) is 31.1 Å². The fraction of sp³-hybridized carbons (Fsp3) is 1.00. The van der Waals surface area contributed by atoms with Crippen LogP contribution in [-0.4, -0.2) is 26.3 Å². The van der Waals surface area contributed by atoms with Crippen LogP contribution in [0.3, 0.4) is 0 Å². The first kappa shape index (κ1) is 13.0. The van der Waals surface area contributed by atoms with Crippen molar-refractivity contribution in [3.8, 4) is 0 Å². The van der Waals surface area contributed by atoms with Gasteiger partial charge in [-0.25, -0.2) is 0 Å². The summed E-state index contributed by atoms with van der Waals surface area (Å²) < 4.78 is 5.06. The number of hydrogen-bond acceptors (Lipinski definition) is 2. The average Bonchev–Trinajstić information content (AvgIpc) is 2.18. The van der Waals surface area contributed by atoms with Crippen molar-refractivity contribution in [2.24, 2.45) is 11.8 Å². The van der Waals surface area contributed by atoms with E-state index in [9.17, 15) is 0 Å². The van der Waals surface area contributed by atoms with Crippen LogP contribution in [0.4, 0.5) is 0 Å². The minimum atomic E-state index is 0.748. The van der Waals surface area contributed by atoms with Crippen LogP contribution in [-0.2, 0) is 4.74 Å². The van der Waals surface area contributed by atoms with Gasteiger partial charge in [-0.2, -0.15) is 0 Å². The molecule has 2 unspecified atom stereocenters. The normalized spacial score (nSPS) is 27.2. The molecular weight excluding hydrogens is 186 g/mol. The summed E-state index contributed by atoms with van der Waals surface area (Å²) in [6.07, 6.45) is 6.99. The summed E-state index contributed by atoms with van der Waals surface area (Å²) in [5.41, 5.74) is 0. The first-order chi connectivity index (χ1) is 7.22. The molecule has 0 saturated heterocycles. The maximum atomic E-state index is 5.06. The molecule has 2 atom stereocenters. The molecule has 1 saturated carbocycles. The molecule has 1 aliphatic rings. The van der Waals surface area contributed by atoms with Crippen LogP contribution >= 0.6 is 0 Å². The van der Waals surface area contributed by atoms with Gasteiger partial charge in [-0.15, -0.1) is 0 Å². The summed E-state index contributed by atoms with van der Waals surface area (Å²) in [6.45, 7) is 6.52. The second-order valence-corrected chi connectivity index (χ2v) is 5.31. The largest absolute Gasteiger partial charge is 0.383 e. The van der Waals surface area contributed by atoms with Crippen LogP contribution in [0.5, 0.6) is 0 Å². The molecule has 0 aromatic carbocycles. The van der Waals surface area contributed by atoms with Crippen molar-refractivity contribution in [3.05, 3.63) is 0 Å². The Morgan fingerprint density at radius 1 is 1.33 bits per heavy atom. The minimum absolute atomic E-state index is 0.748. The maximum Gasteiger partial charge on any atom is 0.0587 e. The SMILES string of the molecule is COCCNC1CCCC(CC(C)C)C1. The predicted octanol–water partition coefficient (Wildman–Crippen LogP) is 2.83. The van der Waals surface area contributed by atoms with E-state index in [1.807, 2.05) is 0 Å². The Balaban J connectivity index is 2.17. The Morgan fingerprint density at radius 3 is 2.80 bits per heavy atom. The van der Waals surface area contributed by atoms with Crippen LogP contribution in [0.1, 0.15) is 46.0 Å². The number of hydrogen-bond donors (Lipinski definition) is 1. The van der Waals surface area contributed by atoms with Crippen molar-refractivity contribution >= 4 is 0 Å². The van der Waals surface area contributed by atoms with Crippen molar-refractivity contribution in [1.82, 2.24) is 5.32 Å². The summed E-state index contributed by atoms with van der Waals surface area (Å²) in [5, 5.41) is 3.60. The number of rotatable bonds is 6. The van der Waals surface area contributed by atoms with Gasteiger partial charge in [0.25, 0.3) is 0 Å². The fourth-order valence-electron chi connectivity index (χ4n) is 2.72. The van der Waals surface area contributed by atoms with Crippen LogP contribution < -0.4 is 5.32 Å². The molecule has 90 valence electrons. The molecule has 0 aromatic rings. The zero-order valence-corrected chi connectivity index (χ0v) is 10.6. The lowest BCUT2D eigenvalue weighted by molar-refractivity contribution is 0.184. The number of methoxy groups -OCH3 is 1. The molecule has 0 bridgehead atoms. The van der Waals surface area contributed by atoms with Crippen LogP contribution in [0.15, 0.2) is 0 Å². The number of ether oxygens (including phenoxy) is 1. The van der Waals surface area contributed by atoms with E-state index in [1.165, 1.54) is 32.1 Å². The average molecular weight is 213 g/mol. The zero-order valence-electron chi connectivity index (χ0n) is 10.6. The standard InChI is InChI=1S/C13H27NO/c1-11(2)9-12-5-4-6-13(10-12)14-7-8-15-3/h11-14H,4-10H2,1-3H3. The highest BCUT2D eigenvalue weighted by Gasteiger charge is 2.21. The Labute approximate surface area is 94.8 Å². The highest BCUT2D eigenvalue weighted by atomic mass is 16.5. The molecule has 15 heavy (non-hydrogen) atoms. The summed E-state index contributed by atoms with van der Waals surface area (Å²) >= 11 is 0. The Bertz CT molecular complexity index is 159. The molecule has 0 aromatic heterocycles. The van der Waals surface area contributed by atoms with E-state index in [4.69, 9.17) is 4.74 Å². The maximum absolute atomic E-state index is 5.06. The Morgan fingerprint density at radius 2 is 2.13 bits per heavy atom. The van der Waals surface area contributed by atoms with Gasteiger partial charge in [-0.1, -0.05) is 26.7 Å². The highest BCUT2D eigenvalue weighted by molar-refractivity contribution is 4.78.